The van der Waals surface area contributed by atoms with Gasteiger partial charge in [0, 0.05) is 32.1 Å². The summed E-state index contributed by atoms with van der Waals surface area (Å²) in [5.74, 6) is 0.362. The van der Waals surface area contributed by atoms with Gasteiger partial charge in [0.2, 0.25) is 11.8 Å². The number of likely N-dealkylation sites (tertiary alicyclic amines) is 2. The van der Waals surface area contributed by atoms with Gasteiger partial charge in [-0.2, -0.15) is 5.10 Å². The minimum atomic E-state index is -0.0813. The molecule has 2 fully saturated rings. The first-order valence-corrected chi connectivity index (χ1v) is 9.57. The molecule has 1 aromatic rings. The van der Waals surface area contributed by atoms with E-state index in [9.17, 15) is 9.59 Å². The van der Waals surface area contributed by atoms with E-state index in [4.69, 9.17) is 0 Å². The molecule has 2 atom stereocenters. The van der Waals surface area contributed by atoms with Crippen molar-refractivity contribution < 1.29 is 9.59 Å². The van der Waals surface area contributed by atoms with Crippen molar-refractivity contribution >= 4 is 34.4 Å². The van der Waals surface area contributed by atoms with E-state index in [1.54, 1.807) is 4.90 Å². The maximum Gasteiger partial charge on any atom is 0.245 e. The first-order valence-electron chi connectivity index (χ1n) is 8.49. The minimum Gasteiger partial charge on any atom is -0.342 e. The molecule has 6 nitrogen and oxygen atoms in total. The maximum atomic E-state index is 12.9. The molecule has 1 aromatic heterocycles. The number of carbonyl (C=O) groups is 2. The van der Waals surface area contributed by atoms with E-state index in [2.05, 4.69) is 39.4 Å². The second-order valence-corrected chi connectivity index (χ2v) is 7.74. The van der Waals surface area contributed by atoms with Gasteiger partial charge in [-0.15, -0.1) is 0 Å². The van der Waals surface area contributed by atoms with Crippen molar-refractivity contribution in [2.75, 3.05) is 26.2 Å². The van der Waals surface area contributed by atoms with E-state index in [0.717, 1.165) is 54.6 Å². The number of H-pyrrole nitrogens is 1. The van der Waals surface area contributed by atoms with Crippen LogP contribution in [0.25, 0.3) is 0 Å². The van der Waals surface area contributed by atoms with Crippen molar-refractivity contribution in [3.63, 3.8) is 0 Å². The number of nitrogens with zero attached hydrogens (tertiary/aromatic N) is 3. The fourth-order valence-corrected chi connectivity index (χ4v) is 4.45. The molecule has 0 aromatic carbocycles. The van der Waals surface area contributed by atoms with Crippen molar-refractivity contribution in [3.8, 4) is 0 Å². The highest BCUT2D eigenvalue weighted by molar-refractivity contribution is 14.1. The Morgan fingerprint density at radius 3 is 2.71 bits per heavy atom. The largest absolute Gasteiger partial charge is 0.342 e. The Balaban J connectivity index is 1.65. The predicted molar refractivity (Wildman–Crippen MR) is 99.4 cm³/mol. The molecule has 0 bridgehead atoms. The van der Waals surface area contributed by atoms with E-state index in [1.807, 2.05) is 11.1 Å². The molecule has 3 rings (SSSR count). The lowest BCUT2D eigenvalue weighted by atomic mass is 9.91. The lowest BCUT2D eigenvalue weighted by Gasteiger charge is -2.38. The molecule has 2 aliphatic rings. The minimum absolute atomic E-state index is 0.0731. The summed E-state index contributed by atoms with van der Waals surface area (Å²) in [6.07, 6.45) is 7.00. The van der Waals surface area contributed by atoms with Crippen molar-refractivity contribution in [3.05, 3.63) is 28.1 Å². The molecule has 24 heavy (non-hydrogen) atoms. The summed E-state index contributed by atoms with van der Waals surface area (Å²) in [4.78, 5) is 28.5. The van der Waals surface area contributed by atoms with Crippen LogP contribution in [-0.4, -0.2) is 58.0 Å². The SMILES string of the molecule is C=CC(=O)N1CCCC(C(=O)N2CCCC(c3[nH]ncc3I)C2)C1. The van der Waals surface area contributed by atoms with Crippen molar-refractivity contribution in [2.45, 2.75) is 31.6 Å². The number of aromatic amines is 1. The molecule has 0 saturated carbocycles. The van der Waals surface area contributed by atoms with Gasteiger partial charge < -0.3 is 9.80 Å². The average Bonchev–Trinajstić information content (AvgIpc) is 3.06. The molecule has 130 valence electrons. The van der Waals surface area contributed by atoms with Gasteiger partial charge in [-0.05, 0) is 54.4 Å². The van der Waals surface area contributed by atoms with E-state index < -0.39 is 0 Å². The fourth-order valence-electron chi connectivity index (χ4n) is 3.75. The standard InChI is InChI=1S/C17H23IN4O2/c1-2-15(23)21-7-4-6-13(11-21)17(24)22-8-3-5-12(10-22)16-14(18)9-19-20-16/h2,9,12-13H,1,3-8,10-11H2,(H,19,20). The van der Waals surface area contributed by atoms with Crippen LogP contribution in [0.4, 0.5) is 0 Å². The molecule has 2 unspecified atom stereocenters. The lowest BCUT2D eigenvalue weighted by Crippen LogP contribution is -2.48. The molecular formula is C17H23IN4O2. The van der Waals surface area contributed by atoms with Gasteiger partial charge in [0.05, 0.1) is 21.4 Å². The molecule has 7 heteroatoms. The van der Waals surface area contributed by atoms with Crippen molar-refractivity contribution in [1.29, 1.82) is 0 Å². The lowest BCUT2D eigenvalue weighted by molar-refractivity contribution is -0.140. The zero-order valence-electron chi connectivity index (χ0n) is 13.7. The molecule has 2 saturated heterocycles. The Bertz CT molecular complexity index is 630. The van der Waals surface area contributed by atoms with Crippen LogP contribution in [0.2, 0.25) is 0 Å². The second kappa shape index (κ2) is 7.67. The predicted octanol–water partition coefficient (Wildman–Crippen LogP) is 2.14. The fraction of sp³-hybridized carbons (Fsp3) is 0.588. The molecule has 0 spiro atoms. The van der Waals surface area contributed by atoms with Gasteiger partial charge in [0.15, 0.2) is 0 Å². The van der Waals surface area contributed by atoms with E-state index in [1.165, 1.54) is 6.08 Å². The third-order valence-electron chi connectivity index (χ3n) is 5.02. The van der Waals surface area contributed by atoms with Crippen molar-refractivity contribution in [2.24, 2.45) is 5.92 Å². The number of nitrogens with one attached hydrogen (secondary N) is 1. The summed E-state index contributed by atoms with van der Waals surface area (Å²) in [5, 5.41) is 7.19. The van der Waals surface area contributed by atoms with Gasteiger partial charge in [-0.1, -0.05) is 6.58 Å². The van der Waals surface area contributed by atoms with Crippen LogP contribution in [-0.2, 0) is 9.59 Å². The Labute approximate surface area is 155 Å². The number of halogens is 1. The first kappa shape index (κ1) is 17.4. The summed E-state index contributed by atoms with van der Waals surface area (Å²) in [6.45, 7) is 6.34. The van der Waals surface area contributed by atoms with Crippen LogP contribution in [0.3, 0.4) is 0 Å². The number of rotatable bonds is 3. The highest BCUT2D eigenvalue weighted by Gasteiger charge is 2.33. The Hall–Kier alpha value is -1.38. The summed E-state index contributed by atoms with van der Waals surface area (Å²) in [5.41, 5.74) is 1.14. The second-order valence-electron chi connectivity index (χ2n) is 6.58. The number of carbonyl (C=O) groups excluding carboxylic acids is 2. The number of amides is 2. The normalized spacial score (nSPS) is 24.7. The molecule has 0 aliphatic carbocycles. The van der Waals surface area contributed by atoms with Gasteiger partial charge in [0.25, 0.3) is 0 Å². The van der Waals surface area contributed by atoms with Crippen LogP contribution >= 0.6 is 22.6 Å². The highest BCUT2D eigenvalue weighted by atomic mass is 127. The van der Waals surface area contributed by atoms with Crippen LogP contribution in [0.15, 0.2) is 18.9 Å². The Morgan fingerprint density at radius 1 is 1.25 bits per heavy atom. The molecule has 1 N–H and O–H groups in total. The third kappa shape index (κ3) is 3.65. The van der Waals surface area contributed by atoms with Crippen LogP contribution in [0.1, 0.15) is 37.3 Å². The molecular weight excluding hydrogens is 419 g/mol. The summed E-state index contributed by atoms with van der Waals surface area (Å²) < 4.78 is 1.13. The van der Waals surface area contributed by atoms with Gasteiger partial charge in [0.1, 0.15) is 0 Å². The van der Waals surface area contributed by atoms with Gasteiger partial charge in [-0.25, -0.2) is 0 Å². The van der Waals surface area contributed by atoms with Crippen LogP contribution in [0.5, 0.6) is 0 Å². The smallest absolute Gasteiger partial charge is 0.245 e. The Morgan fingerprint density at radius 2 is 2.00 bits per heavy atom. The average molecular weight is 442 g/mol. The zero-order chi connectivity index (χ0) is 17.1. The van der Waals surface area contributed by atoms with Gasteiger partial charge in [-0.3, -0.25) is 14.7 Å². The van der Waals surface area contributed by atoms with Crippen molar-refractivity contribution in [1.82, 2.24) is 20.0 Å². The number of aromatic nitrogens is 2. The van der Waals surface area contributed by atoms with Crippen LogP contribution < -0.4 is 0 Å². The van der Waals surface area contributed by atoms with E-state index in [0.29, 0.717) is 12.5 Å². The third-order valence-corrected chi connectivity index (χ3v) is 5.88. The maximum absolute atomic E-state index is 12.9. The molecule has 2 aliphatic heterocycles. The number of piperidine rings is 2. The van der Waals surface area contributed by atoms with E-state index >= 15 is 0 Å². The molecule has 0 radical (unpaired) electrons. The quantitative estimate of drug-likeness (QED) is 0.576. The summed E-state index contributed by atoms with van der Waals surface area (Å²) in [6, 6.07) is 0. The van der Waals surface area contributed by atoms with Crippen LogP contribution in [0, 0.1) is 9.49 Å². The van der Waals surface area contributed by atoms with Gasteiger partial charge >= 0.3 is 0 Å². The topological polar surface area (TPSA) is 69.3 Å². The highest BCUT2D eigenvalue weighted by Crippen LogP contribution is 2.30. The first-order chi connectivity index (χ1) is 11.6. The number of hydrogen-bond donors (Lipinski definition) is 1. The summed E-state index contributed by atoms with van der Waals surface area (Å²) in [7, 11) is 0. The van der Waals surface area contributed by atoms with E-state index in [-0.39, 0.29) is 17.7 Å². The number of hydrogen-bond acceptors (Lipinski definition) is 3. The zero-order valence-corrected chi connectivity index (χ0v) is 15.9. The Kier molecular flexibility index (Phi) is 5.57. The summed E-state index contributed by atoms with van der Waals surface area (Å²) >= 11 is 2.29. The molecule has 3 heterocycles. The molecule has 2 amide bonds. The monoisotopic (exact) mass is 442 g/mol.